The molecule has 1 N–H and O–H groups in total. The fraction of sp³-hybridized carbons (Fsp3) is 0.625. The molecule has 0 spiro atoms. The highest BCUT2D eigenvalue weighted by atomic mass is 16.3. The van der Waals surface area contributed by atoms with Crippen LogP contribution in [0.15, 0.2) is 16.7 Å². The van der Waals surface area contributed by atoms with Crippen molar-refractivity contribution in [2.75, 3.05) is 13.1 Å². The van der Waals surface area contributed by atoms with Crippen LogP contribution in [-0.2, 0) is 4.79 Å². The molecule has 114 valence electrons. The highest BCUT2D eigenvalue weighted by Crippen LogP contribution is 2.29. The summed E-state index contributed by atoms with van der Waals surface area (Å²) < 4.78 is 5.18. The summed E-state index contributed by atoms with van der Waals surface area (Å²) in [4.78, 5) is 26.1. The van der Waals surface area contributed by atoms with Crippen LogP contribution in [0, 0.1) is 12.8 Å². The number of likely N-dealkylation sites (tertiary alicyclic amines) is 1. The zero-order chi connectivity index (χ0) is 14.8. The van der Waals surface area contributed by atoms with Gasteiger partial charge in [-0.3, -0.25) is 9.59 Å². The van der Waals surface area contributed by atoms with Gasteiger partial charge in [-0.25, -0.2) is 0 Å². The van der Waals surface area contributed by atoms with Crippen LogP contribution in [0.5, 0.6) is 0 Å². The Hall–Kier alpha value is -1.78. The van der Waals surface area contributed by atoms with Crippen molar-refractivity contribution in [1.82, 2.24) is 10.2 Å². The minimum absolute atomic E-state index is 0.190. The molecule has 21 heavy (non-hydrogen) atoms. The second-order valence-corrected chi connectivity index (χ2v) is 6.20. The summed E-state index contributed by atoms with van der Waals surface area (Å²) in [5.41, 5.74) is 0.836. The number of hydrogen-bond acceptors (Lipinski definition) is 3. The predicted molar refractivity (Wildman–Crippen MR) is 77.9 cm³/mol. The van der Waals surface area contributed by atoms with Gasteiger partial charge in [0.25, 0.3) is 5.91 Å². The average molecular weight is 290 g/mol. The lowest BCUT2D eigenvalue weighted by molar-refractivity contribution is -0.129. The van der Waals surface area contributed by atoms with E-state index in [1.807, 2.05) is 11.8 Å². The molecule has 0 bridgehead atoms. The molecule has 5 heteroatoms. The van der Waals surface area contributed by atoms with E-state index in [9.17, 15) is 9.59 Å². The predicted octanol–water partition coefficient (Wildman–Crippen LogP) is 2.11. The summed E-state index contributed by atoms with van der Waals surface area (Å²) in [6.07, 6.45) is 6.80. The third-order valence-corrected chi connectivity index (χ3v) is 4.62. The van der Waals surface area contributed by atoms with E-state index in [2.05, 4.69) is 5.32 Å². The van der Waals surface area contributed by atoms with E-state index in [-0.39, 0.29) is 17.7 Å². The van der Waals surface area contributed by atoms with Crippen LogP contribution in [0.3, 0.4) is 0 Å². The van der Waals surface area contributed by atoms with Gasteiger partial charge in [0.05, 0.1) is 6.26 Å². The van der Waals surface area contributed by atoms with Gasteiger partial charge in [-0.05, 0) is 25.8 Å². The normalized spacial score (nSPS) is 23.0. The molecule has 1 aliphatic heterocycles. The van der Waals surface area contributed by atoms with E-state index in [0.29, 0.717) is 24.8 Å². The van der Waals surface area contributed by atoms with Crippen molar-refractivity contribution in [2.24, 2.45) is 5.92 Å². The van der Waals surface area contributed by atoms with Crippen LogP contribution >= 0.6 is 0 Å². The van der Waals surface area contributed by atoms with Gasteiger partial charge < -0.3 is 14.6 Å². The quantitative estimate of drug-likeness (QED) is 0.923. The molecule has 0 aromatic carbocycles. The lowest BCUT2D eigenvalue weighted by Crippen LogP contribution is -2.36. The minimum atomic E-state index is -0.190. The van der Waals surface area contributed by atoms with Gasteiger partial charge in [-0.1, -0.05) is 12.8 Å². The van der Waals surface area contributed by atoms with Gasteiger partial charge in [-0.2, -0.15) is 0 Å². The molecule has 3 rings (SSSR count). The molecule has 2 aliphatic rings. The fourth-order valence-corrected chi connectivity index (χ4v) is 3.44. The van der Waals surface area contributed by atoms with E-state index in [0.717, 1.165) is 24.9 Å². The first-order valence-corrected chi connectivity index (χ1v) is 7.77. The van der Waals surface area contributed by atoms with Crippen molar-refractivity contribution in [3.8, 4) is 0 Å². The number of amides is 2. The first-order valence-electron chi connectivity index (χ1n) is 7.77. The van der Waals surface area contributed by atoms with Crippen molar-refractivity contribution < 1.29 is 14.0 Å². The molecule has 2 amide bonds. The zero-order valence-electron chi connectivity index (χ0n) is 12.4. The molecule has 1 aromatic rings. The minimum Gasteiger partial charge on any atom is -0.459 e. The molecule has 1 aromatic heterocycles. The monoisotopic (exact) mass is 290 g/mol. The number of nitrogens with one attached hydrogen (secondary N) is 1. The Kier molecular flexibility index (Phi) is 3.99. The molecule has 1 atom stereocenters. The first-order chi connectivity index (χ1) is 10.1. The van der Waals surface area contributed by atoms with E-state index in [1.165, 1.54) is 19.1 Å². The van der Waals surface area contributed by atoms with Crippen molar-refractivity contribution in [2.45, 2.75) is 45.1 Å². The smallest absolute Gasteiger partial charge is 0.287 e. The Morgan fingerprint density at radius 3 is 2.86 bits per heavy atom. The van der Waals surface area contributed by atoms with E-state index in [1.54, 1.807) is 6.07 Å². The van der Waals surface area contributed by atoms with Gasteiger partial charge in [-0.15, -0.1) is 0 Å². The standard InChI is InChI=1S/C16H22N2O3/c1-11-6-7-21-15(11)16(20)17-9-12-8-14(19)18(10-12)13-4-2-3-5-13/h6-7,12-13H,2-5,8-10H2,1H3,(H,17,20). The molecule has 1 unspecified atom stereocenters. The van der Waals surface area contributed by atoms with Gasteiger partial charge in [0.15, 0.2) is 5.76 Å². The zero-order valence-corrected chi connectivity index (χ0v) is 12.4. The second-order valence-electron chi connectivity index (χ2n) is 6.20. The van der Waals surface area contributed by atoms with Crippen LogP contribution in [0.2, 0.25) is 0 Å². The van der Waals surface area contributed by atoms with Crippen LogP contribution in [0.25, 0.3) is 0 Å². The molecule has 1 aliphatic carbocycles. The maximum Gasteiger partial charge on any atom is 0.287 e. The molecule has 1 saturated heterocycles. The van der Waals surface area contributed by atoms with Crippen LogP contribution in [-0.4, -0.2) is 35.8 Å². The lowest BCUT2D eigenvalue weighted by Gasteiger charge is -2.24. The van der Waals surface area contributed by atoms with Crippen molar-refractivity contribution in [3.63, 3.8) is 0 Å². The number of hydrogen-bond donors (Lipinski definition) is 1. The largest absolute Gasteiger partial charge is 0.459 e. The second kappa shape index (κ2) is 5.92. The van der Waals surface area contributed by atoms with Gasteiger partial charge in [0.2, 0.25) is 5.91 Å². The third-order valence-electron chi connectivity index (χ3n) is 4.62. The van der Waals surface area contributed by atoms with Crippen LogP contribution < -0.4 is 5.32 Å². The Morgan fingerprint density at radius 1 is 1.43 bits per heavy atom. The third kappa shape index (κ3) is 2.96. The van der Waals surface area contributed by atoms with Gasteiger partial charge in [0, 0.05) is 37.0 Å². The molecular formula is C16H22N2O3. The summed E-state index contributed by atoms with van der Waals surface area (Å²) in [6.45, 7) is 3.16. The van der Waals surface area contributed by atoms with Gasteiger partial charge >= 0.3 is 0 Å². The summed E-state index contributed by atoms with van der Waals surface area (Å²) in [6, 6.07) is 2.21. The number of nitrogens with zero attached hydrogens (tertiary/aromatic N) is 1. The maximum absolute atomic E-state index is 12.1. The molecule has 5 nitrogen and oxygen atoms in total. The number of rotatable bonds is 4. The van der Waals surface area contributed by atoms with Crippen LogP contribution in [0.1, 0.15) is 48.2 Å². The maximum atomic E-state index is 12.1. The number of aryl methyl sites for hydroxylation is 1. The van der Waals surface area contributed by atoms with Crippen LogP contribution in [0.4, 0.5) is 0 Å². The summed E-state index contributed by atoms with van der Waals surface area (Å²) in [7, 11) is 0. The van der Waals surface area contributed by atoms with E-state index >= 15 is 0 Å². The highest BCUT2D eigenvalue weighted by molar-refractivity contribution is 5.92. The van der Waals surface area contributed by atoms with Crippen molar-refractivity contribution in [3.05, 3.63) is 23.7 Å². The molecule has 2 fully saturated rings. The first kappa shape index (κ1) is 14.2. The molecule has 0 radical (unpaired) electrons. The summed E-state index contributed by atoms with van der Waals surface area (Å²) in [5, 5.41) is 2.89. The molecule has 2 heterocycles. The SMILES string of the molecule is Cc1ccoc1C(=O)NCC1CC(=O)N(C2CCCC2)C1. The number of carbonyl (C=O) groups excluding carboxylic acids is 2. The average Bonchev–Trinajstić information content (AvgIpc) is 3.16. The summed E-state index contributed by atoms with van der Waals surface area (Å²) >= 11 is 0. The van der Waals surface area contributed by atoms with E-state index < -0.39 is 0 Å². The summed E-state index contributed by atoms with van der Waals surface area (Å²) in [5.74, 6) is 0.642. The number of carbonyl (C=O) groups is 2. The Labute approximate surface area is 124 Å². The topological polar surface area (TPSA) is 62.6 Å². The lowest BCUT2D eigenvalue weighted by atomic mass is 10.1. The number of furan rings is 1. The van der Waals surface area contributed by atoms with Crippen molar-refractivity contribution in [1.29, 1.82) is 0 Å². The van der Waals surface area contributed by atoms with Gasteiger partial charge in [0.1, 0.15) is 0 Å². The Balaban J connectivity index is 1.51. The molecule has 1 saturated carbocycles. The van der Waals surface area contributed by atoms with Crippen molar-refractivity contribution >= 4 is 11.8 Å². The fourth-order valence-electron chi connectivity index (χ4n) is 3.44. The Bertz CT molecular complexity index is 531. The Morgan fingerprint density at radius 2 is 2.19 bits per heavy atom. The van der Waals surface area contributed by atoms with E-state index in [4.69, 9.17) is 4.42 Å². The highest BCUT2D eigenvalue weighted by Gasteiger charge is 2.35. The molecular weight excluding hydrogens is 268 g/mol.